The number of carbonyl (C=O) groups is 2. The second-order valence-electron chi connectivity index (χ2n) is 7.60. The zero-order valence-corrected chi connectivity index (χ0v) is 17.3. The molecule has 0 atom stereocenters. The van der Waals surface area contributed by atoms with Crippen LogP contribution in [0.2, 0.25) is 0 Å². The van der Waals surface area contributed by atoms with E-state index in [9.17, 15) is 9.59 Å². The molecule has 1 aromatic heterocycles. The highest BCUT2D eigenvalue weighted by molar-refractivity contribution is 7.17. The fourth-order valence-electron chi connectivity index (χ4n) is 4.04. The third-order valence-corrected chi connectivity index (χ3v) is 6.81. The molecule has 30 heavy (non-hydrogen) atoms. The maximum absolute atomic E-state index is 13.0. The summed E-state index contributed by atoms with van der Waals surface area (Å²) in [5.41, 5.74) is 3.13. The molecule has 3 aromatic rings. The monoisotopic (exact) mass is 418 g/mol. The van der Waals surface area contributed by atoms with Gasteiger partial charge >= 0.3 is 0 Å². The molecule has 0 unspecified atom stereocenters. The Labute approximate surface area is 179 Å². The molecule has 1 saturated heterocycles. The number of likely N-dealkylation sites (tertiary alicyclic amines) is 1. The van der Waals surface area contributed by atoms with Crippen molar-refractivity contribution in [2.24, 2.45) is 0 Å². The van der Waals surface area contributed by atoms with Crippen LogP contribution in [0.25, 0.3) is 10.4 Å². The topological polar surface area (TPSA) is 58.6 Å². The van der Waals surface area contributed by atoms with Crippen LogP contribution in [0, 0.1) is 0 Å². The van der Waals surface area contributed by atoms with Crippen molar-refractivity contribution in [2.45, 2.75) is 25.9 Å². The first kappa shape index (κ1) is 18.9. The second-order valence-corrected chi connectivity index (χ2v) is 8.65. The maximum Gasteiger partial charge on any atom is 0.265 e. The van der Waals surface area contributed by atoms with Gasteiger partial charge in [-0.3, -0.25) is 9.59 Å². The summed E-state index contributed by atoms with van der Waals surface area (Å²) in [6, 6.07) is 17.0. The van der Waals surface area contributed by atoms with Gasteiger partial charge in [0.25, 0.3) is 11.8 Å². The molecule has 2 aliphatic rings. The number of anilines is 1. The van der Waals surface area contributed by atoms with E-state index in [1.165, 1.54) is 11.3 Å². The molecule has 1 fully saturated rings. The lowest BCUT2D eigenvalue weighted by atomic mass is 10.1. The molecule has 0 aliphatic carbocycles. The Bertz CT molecular complexity index is 1120. The molecule has 0 spiro atoms. The number of hydrogen-bond acceptors (Lipinski definition) is 4. The molecule has 0 bridgehead atoms. The lowest BCUT2D eigenvalue weighted by Gasteiger charge is -2.27. The van der Waals surface area contributed by atoms with Crippen LogP contribution < -0.4 is 10.1 Å². The molecule has 2 aliphatic heterocycles. The fourth-order valence-corrected chi connectivity index (χ4v) is 5.13. The van der Waals surface area contributed by atoms with Crippen LogP contribution >= 0.6 is 11.3 Å². The number of rotatable bonds is 3. The number of nitrogens with zero attached hydrogens (tertiary/aromatic N) is 1. The molecule has 152 valence electrons. The predicted octanol–water partition coefficient (Wildman–Crippen LogP) is 5.19. The number of para-hydroxylation sites is 2. The number of carbonyl (C=O) groups excluding carboxylic acids is 2. The number of thiophene rings is 1. The summed E-state index contributed by atoms with van der Waals surface area (Å²) in [7, 11) is 0. The van der Waals surface area contributed by atoms with Crippen molar-refractivity contribution < 1.29 is 14.3 Å². The van der Waals surface area contributed by atoms with Crippen LogP contribution in [0.5, 0.6) is 5.75 Å². The molecular weight excluding hydrogens is 396 g/mol. The van der Waals surface area contributed by atoms with Gasteiger partial charge in [-0.15, -0.1) is 11.3 Å². The Hall–Kier alpha value is -3.12. The Morgan fingerprint density at radius 3 is 2.60 bits per heavy atom. The van der Waals surface area contributed by atoms with Crippen molar-refractivity contribution in [3.8, 4) is 16.2 Å². The Balaban J connectivity index is 1.40. The molecule has 0 radical (unpaired) electrons. The molecule has 2 aromatic carbocycles. The van der Waals surface area contributed by atoms with Crippen LogP contribution in [0.4, 0.5) is 5.69 Å². The van der Waals surface area contributed by atoms with E-state index in [4.69, 9.17) is 4.74 Å². The van der Waals surface area contributed by atoms with Crippen LogP contribution in [0.3, 0.4) is 0 Å². The number of piperidine rings is 1. The molecule has 2 amide bonds. The normalized spacial score (nSPS) is 15.0. The first-order valence-corrected chi connectivity index (χ1v) is 11.1. The number of benzene rings is 2. The van der Waals surface area contributed by atoms with Crippen molar-refractivity contribution in [3.05, 3.63) is 70.6 Å². The third kappa shape index (κ3) is 3.48. The van der Waals surface area contributed by atoms with E-state index in [0.717, 1.165) is 54.1 Å². The van der Waals surface area contributed by atoms with E-state index in [2.05, 4.69) is 5.32 Å². The minimum Gasteiger partial charge on any atom is -0.488 e. The summed E-state index contributed by atoms with van der Waals surface area (Å²) in [6.07, 6.45) is 3.23. The van der Waals surface area contributed by atoms with Gasteiger partial charge in [-0.2, -0.15) is 0 Å². The Kier molecular flexibility index (Phi) is 5.01. The van der Waals surface area contributed by atoms with Gasteiger partial charge in [0.2, 0.25) is 0 Å². The molecule has 0 saturated carbocycles. The lowest BCUT2D eigenvalue weighted by Crippen LogP contribution is -2.36. The first-order valence-electron chi connectivity index (χ1n) is 10.3. The molecule has 3 heterocycles. The van der Waals surface area contributed by atoms with E-state index < -0.39 is 0 Å². The van der Waals surface area contributed by atoms with Crippen molar-refractivity contribution in [2.75, 3.05) is 18.4 Å². The summed E-state index contributed by atoms with van der Waals surface area (Å²) in [6.45, 7) is 2.01. The molecular formula is C24H22N2O3S. The fraction of sp³-hybridized carbons (Fsp3) is 0.250. The lowest BCUT2D eigenvalue weighted by molar-refractivity contribution is 0.0725. The highest BCUT2D eigenvalue weighted by Crippen LogP contribution is 2.42. The van der Waals surface area contributed by atoms with Crippen molar-refractivity contribution in [1.29, 1.82) is 0 Å². The minimum absolute atomic E-state index is 0.0154. The number of amides is 2. The molecule has 6 heteroatoms. The summed E-state index contributed by atoms with van der Waals surface area (Å²) in [5.74, 6) is 0.625. The third-order valence-electron chi connectivity index (χ3n) is 5.60. The zero-order valence-electron chi connectivity index (χ0n) is 16.5. The predicted molar refractivity (Wildman–Crippen MR) is 118 cm³/mol. The van der Waals surface area contributed by atoms with Gasteiger partial charge in [0, 0.05) is 29.1 Å². The Morgan fingerprint density at radius 1 is 0.967 bits per heavy atom. The van der Waals surface area contributed by atoms with Gasteiger partial charge in [0.15, 0.2) is 0 Å². The number of nitrogens with one attached hydrogen (secondary N) is 1. The second kappa shape index (κ2) is 7.95. The summed E-state index contributed by atoms with van der Waals surface area (Å²) >= 11 is 1.46. The van der Waals surface area contributed by atoms with Crippen LogP contribution in [-0.2, 0) is 6.61 Å². The highest BCUT2D eigenvalue weighted by Gasteiger charge is 2.24. The number of fused-ring (bicyclic) bond motifs is 3. The van der Waals surface area contributed by atoms with Gasteiger partial charge in [0.1, 0.15) is 12.4 Å². The summed E-state index contributed by atoms with van der Waals surface area (Å²) in [4.78, 5) is 29.6. The van der Waals surface area contributed by atoms with Gasteiger partial charge < -0.3 is 15.0 Å². The van der Waals surface area contributed by atoms with Gasteiger partial charge in [-0.25, -0.2) is 0 Å². The standard InChI is InChI=1S/C24H22N2O3S/c27-23(21-14-16-15-29-20-11-5-3-9-18(20)22(16)30-21)25-19-10-4-2-8-17(19)24(28)26-12-6-1-7-13-26/h2-5,8-11,14H,1,6-7,12-13,15H2,(H,25,27). The average molecular weight is 419 g/mol. The smallest absolute Gasteiger partial charge is 0.265 e. The molecule has 5 nitrogen and oxygen atoms in total. The van der Waals surface area contributed by atoms with Gasteiger partial charge in [0.05, 0.1) is 16.1 Å². The van der Waals surface area contributed by atoms with Crippen molar-refractivity contribution in [3.63, 3.8) is 0 Å². The van der Waals surface area contributed by atoms with E-state index >= 15 is 0 Å². The minimum atomic E-state index is -0.203. The van der Waals surface area contributed by atoms with E-state index in [0.29, 0.717) is 22.7 Å². The van der Waals surface area contributed by atoms with Gasteiger partial charge in [-0.1, -0.05) is 24.3 Å². The zero-order chi connectivity index (χ0) is 20.5. The first-order chi connectivity index (χ1) is 14.7. The Morgan fingerprint density at radius 2 is 1.73 bits per heavy atom. The SMILES string of the molecule is O=C(Nc1ccccc1C(=O)N1CCCCC1)c1cc2c(s1)-c1ccccc1OC2. The van der Waals surface area contributed by atoms with Crippen LogP contribution in [0.1, 0.15) is 44.9 Å². The molecule has 5 rings (SSSR count). The van der Waals surface area contributed by atoms with E-state index in [1.807, 2.05) is 47.4 Å². The van der Waals surface area contributed by atoms with E-state index in [1.54, 1.807) is 12.1 Å². The summed E-state index contributed by atoms with van der Waals surface area (Å²) < 4.78 is 5.80. The number of ether oxygens (including phenoxy) is 1. The highest BCUT2D eigenvalue weighted by atomic mass is 32.1. The maximum atomic E-state index is 13.0. The number of hydrogen-bond donors (Lipinski definition) is 1. The van der Waals surface area contributed by atoms with Crippen LogP contribution in [-0.4, -0.2) is 29.8 Å². The average Bonchev–Trinajstić information content (AvgIpc) is 3.25. The molecule has 1 N–H and O–H groups in total. The van der Waals surface area contributed by atoms with Crippen molar-refractivity contribution >= 4 is 28.8 Å². The quantitative estimate of drug-likeness (QED) is 0.637. The van der Waals surface area contributed by atoms with Gasteiger partial charge in [-0.05, 0) is 49.6 Å². The van der Waals surface area contributed by atoms with Crippen LogP contribution in [0.15, 0.2) is 54.6 Å². The summed E-state index contributed by atoms with van der Waals surface area (Å²) in [5, 5.41) is 2.96. The van der Waals surface area contributed by atoms with Crippen molar-refractivity contribution in [1.82, 2.24) is 4.90 Å². The largest absolute Gasteiger partial charge is 0.488 e. The van der Waals surface area contributed by atoms with E-state index in [-0.39, 0.29) is 11.8 Å².